The maximum atomic E-state index is 12.4. The molecule has 1 aliphatic rings. The number of rotatable bonds is 5. The molecule has 2 aromatic rings. The van der Waals surface area contributed by atoms with Gasteiger partial charge >= 0.3 is 0 Å². The fraction of sp³-hybridized carbons (Fsp3) is 0.111. The predicted octanol–water partition coefficient (Wildman–Crippen LogP) is 5.04. The number of benzene rings is 2. The molecule has 1 aliphatic heterocycles. The third-order valence-corrected chi connectivity index (χ3v) is 4.90. The van der Waals surface area contributed by atoms with Crippen LogP contribution >= 0.6 is 27.7 Å². The number of nitrogens with zero attached hydrogens (tertiary/aromatic N) is 1. The highest BCUT2D eigenvalue weighted by atomic mass is 79.9. The summed E-state index contributed by atoms with van der Waals surface area (Å²) in [7, 11) is 0. The number of amides is 1. The Balaban J connectivity index is 1.76. The van der Waals surface area contributed by atoms with Crippen molar-refractivity contribution in [2.24, 2.45) is 0 Å². The van der Waals surface area contributed by atoms with Crippen molar-refractivity contribution in [3.63, 3.8) is 0 Å². The van der Waals surface area contributed by atoms with Gasteiger partial charge < -0.3 is 14.8 Å². The van der Waals surface area contributed by atoms with Gasteiger partial charge in [-0.25, -0.2) is 0 Å². The van der Waals surface area contributed by atoms with Gasteiger partial charge in [-0.15, -0.1) is 0 Å². The Morgan fingerprint density at radius 3 is 2.56 bits per heavy atom. The molecule has 0 unspecified atom stereocenters. The SMILES string of the molecule is N#C/C(=C\c1cc2c(cc1Br)OCO2)C(=O)Nc1ccc(SC(F)F)cc1. The molecule has 1 heterocycles. The lowest BCUT2D eigenvalue weighted by Gasteiger charge is -2.07. The fourth-order valence-electron chi connectivity index (χ4n) is 2.27. The third-order valence-electron chi connectivity index (χ3n) is 3.49. The number of ether oxygens (including phenoxy) is 2. The largest absolute Gasteiger partial charge is 0.454 e. The van der Waals surface area contributed by atoms with Crippen LogP contribution < -0.4 is 14.8 Å². The summed E-state index contributed by atoms with van der Waals surface area (Å²) >= 11 is 3.78. The second kappa shape index (κ2) is 8.41. The Labute approximate surface area is 166 Å². The van der Waals surface area contributed by atoms with Crippen LogP contribution in [0.3, 0.4) is 0 Å². The highest BCUT2D eigenvalue weighted by Gasteiger charge is 2.17. The van der Waals surface area contributed by atoms with E-state index in [2.05, 4.69) is 21.2 Å². The summed E-state index contributed by atoms with van der Waals surface area (Å²) in [6.45, 7) is 0.111. The first-order valence-corrected chi connectivity index (χ1v) is 9.20. The number of nitrogens with one attached hydrogen (secondary N) is 1. The Bertz CT molecular complexity index is 943. The summed E-state index contributed by atoms with van der Waals surface area (Å²) in [5.41, 5.74) is 0.847. The summed E-state index contributed by atoms with van der Waals surface area (Å²) < 4.78 is 35.9. The van der Waals surface area contributed by atoms with E-state index in [1.54, 1.807) is 12.1 Å². The zero-order valence-corrected chi connectivity index (χ0v) is 15.9. The van der Waals surface area contributed by atoms with Gasteiger partial charge in [0.25, 0.3) is 11.7 Å². The number of nitriles is 1. The van der Waals surface area contributed by atoms with E-state index in [1.165, 1.54) is 30.3 Å². The fourth-order valence-corrected chi connectivity index (χ4v) is 3.20. The summed E-state index contributed by atoms with van der Waals surface area (Å²) in [6.07, 6.45) is 1.42. The monoisotopic (exact) mass is 452 g/mol. The molecule has 0 aliphatic carbocycles. The van der Waals surface area contributed by atoms with E-state index in [-0.39, 0.29) is 12.4 Å². The summed E-state index contributed by atoms with van der Waals surface area (Å²) in [5, 5.41) is 11.9. The quantitative estimate of drug-likeness (QED) is 0.390. The predicted molar refractivity (Wildman–Crippen MR) is 101 cm³/mol. The molecule has 27 heavy (non-hydrogen) atoms. The van der Waals surface area contributed by atoms with E-state index in [0.29, 0.717) is 43.9 Å². The van der Waals surface area contributed by atoms with Crippen molar-refractivity contribution in [3.05, 3.63) is 52.0 Å². The van der Waals surface area contributed by atoms with Gasteiger partial charge in [0.15, 0.2) is 11.5 Å². The number of fused-ring (bicyclic) bond motifs is 1. The van der Waals surface area contributed by atoms with Gasteiger partial charge in [-0.2, -0.15) is 14.0 Å². The molecular weight excluding hydrogens is 442 g/mol. The summed E-state index contributed by atoms with van der Waals surface area (Å²) in [6, 6.07) is 11.1. The molecule has 0 atom stereocenters. The van der Waals surface area contributed by atoms with Crippen LogP contribution in [0.2, 0.25) is 0 Å². The number of anilines is 1. The van der Waals surface area contributed by atoms with Crippen molar-refractivity contribution in [1.29, 1.82) is 5.26 Å². The van der Waals surface area contributed by atoms with Crippen molar-refractivity contribution in [1.82, 2.24) is 0 Å². The van der Waals surface area contributed by atoms with E-state index in [4.69, 9.17) is 9.47 Å². The van der Waals surface area contributed by atoms with Crippen LogP contribution in [-0.2, 0) is 4.79 Å². The third kappa shape index (κ3) is 4.78. The zero-order valence-electron chi connectivity index (χ0n) is 13.5. The molecule has 0 radical (unpaired) electrons. The molecule has 138 valence electrons. The van der Waals surface area contributed by atoms with Gasteiger partial charge in [-0.1, -0.05) is 27.7 Å². The Hall–Kier alpha value is -2.57. The molecule has 1 N–H and O–H groups in total. The van der Waals surface area contributed by atoms with E-state index in [1.807, 2.05) is 6.07 Å². The highest BCUT2D eigenvalue weighted by Crippen LogP contribution is 2.37. The van der Waals surface area contributed by atoms with Crippen LogP contribution in [0.5, 0.6) is 11.5 Å². The van der Waals surface area contributed by atoms with Crippen molar-refractivity contribution in [2.45, 2.75) is 10.7 Å². The van der Waals surface area contributed by atoms with Crippen molar-refractivity contribution in [3.8, 4) is 17.6 Å². The highest BCUT2D eigenvalue weighted by molar-refractivity contribution is 9.10. The van der Waals surface area contributed by atoms with Gasteiger partial charge in [0.05, 0.1) is 0 Å². The molecule has 0 bridgehead atoms. The van der Waals surface area contributed by atoms with Gasteiger partial charge in [0.1, 0.15) is 11.6 Å². The van der Waals surface area contributed by atoms with Crippen molar-refractivity contribution < 1.29 is 23.0 Å². The second-order valence-electron chi connectivity index (χ2n) is 5.25. The first-order chi connectivity index (χ1) is 13.0. The van der Waals surface area contributed by atoms with Gasteiger partial charge in [0, 0.05) is 15.1 Å². The number of carbonyl (C=O) groups is 1. The van der Waals surface area contributed by atoms with Crippen LogP contribution in [0.4, 0.5) is 14.5 Å². The van der Waals surface area contributed by atoms with E-state index < -0.39 is 11.7 Å². The Kier molecular flexibility index (Phi) is 5.98. The average molecular weight is 453 g/mol. The number of halogens is 3. The molecule has 0 fully saturated rings. The lowest BCUT2D eigenvalue weighted by atomic mass is 10.1. The zero-order chi connectivity index (χ0) is 19.4. The Morgan fingerprint density at radius 1 is 1.26 bits per heavy atom. The topological polar surface area (TPSA) is 71.3 Å². The number of carbonyl (C=O) groups excluding carboxylic acids is 1. The molecule has 2 aromatic carbocycles. The molecule has 0 spiro atoms. The standard InChI is InChI=1S/C18H11BrF2N2O3S/c19-14-7-16-15(25-9-26-16)6-10(14)5-11(8-22)17(24)23-12-1-3-13(4-2-12)27-18(20)21/h1-7,18H,9H2,(H,23,24)/b11-5+. The lowest BCUT2D eigenvalue weighted by Crippen LogP contribution is -2.13. The van der Waals surface area contributed by atoms with Gasteiger partial charge in [-0.3, -0.25) is 4.79 Å². The van der Waals surface area contributed by atoms with E-state index in [9.17, 15) is 18.8 Å². The van der Waals surface area contributed by atoms with Gasteiger partial charge in [-0.05, 0) is 48.0 Å². The van der Waals surface area contributed by atoms with Crippen LogP contribution in [0.25, 0.3) is 6.08 Å². The van der Waals surface area contributed by atoms with Crippen LogP contribution in [0.15, 0.2) is 51.3 Å². The van der Waals surface area contributed by atoms with Crippen molar-refractivity contribution in [2.75, 3.05) is 12.1 Å². The lowest BCUT2D eigenvalue weighted by molar-refractivity contribution is -0.112. The molecule has 0 saturated heterocycles. The molecule has 9 heteroatoms. The number of thioether (sulfide) groups is 1. The maximum Gasteiger partial charge on any atom is 0.288 e. The maximum absolute atomic E-state index is 12.4. The Morgan fingerprint density at radius 2 is 1.93 bits per heavy atom. The molecular formula is C18H11BrF2N2O3S. The average Bonchev–Trinajstić information content (AvgIpc) is 3.07. The van der Waals surface area contributed by atoms with E-state index in [0.717, 1.165) is 0 Å². The molecule has 1 amide bonds. The number of alkyl halides is 2. The van der Waals surface area contributed by atoms with E-state index >= 15 is 0 Å². The number of hydrogen-bond donors (Lipinski definition) is 1. The normalized spacial score (nSPS) is 12.8. The summed E-state index contributed by atoms with van der Waals surface area (Å²) in [5.74, 6) is -2.03. The minimum Gasteiger partial charge on any atom is -0.454 e. The minimum absolute atomic E-state index is 0.111. The summed E-state index contributed by atoms with van der Waals surface area (Å²) in [4.78, 5) is 12.7. The van der Waals surface area contributed by atoms with Crippen molar-refractivity contribution >= 4 is 45.4 Å². The molecule has 0 aromatic heterocycles. The first kappa shape index (κ1) is 19.2. The molecule has 5 nitrogen and oxygen atoms in total. The minimum atomic E-state index is -2.52. The van der Waals surface area contributed by atoms with Crippen LogP contribution in [-0.4, -0.2) is 18.5 Å². The first-order valence-electron chi connectivity index (χ1n) is 7.53. The second-order valence-corrected chi connectivity index (χ2v) is 7.17. The molecule has 3 rings (SSSR count). The smallest absolute Gasteiger partial charge is 0.288 e. The molecule has 0 saturated carbocycles. The van der Waals surface area contributed by atoms with Gasteiger partial charge in [0.2, 0.25) is 6.79 Å². The van der Waals surface area contributed by atoms with Crippen LogP contribution in [0, 0.1) is 11.3 Å². The van der Waals surface area contributed by atoms with Crippen LogP contribution in [0.1, 0.15) is 5.56 Å². The number of hydrogen-bond acceptors (Lipinski definition) is 5.